The van der Waals surface area contributed by atoms with Gasteiger partial charge in [0.25, 0.3) is 0 Å². The first kappa shape index (κ1) is 19.9. The van der Waals surface area contributed by atoms with Crippen molar-refractivity contribution in [3.05, 3.63) is 12.3 Å². The van der Waals surface area contributed by atoms with Crippen LogP contribution >= 0.6 is 0 Å². The fraction of sp³-hybridized carbons (Fsp3) is 0.867. The molecular formula is C15H24O11. The SMILES string of the molecule is C[C@]1(O)C[C@@H](O)[C@]2(O)C=CO[C@@H](O[C@@H]3O[C@H](CO)[C@@H](O)C(O)(O)[C@H]3O)[C@@H]21. The Kier molecular flexibility index (Phi) is 4.85. The third-order valence-electron chi connectivity index (χ3n) is 5.37. The highest BCUT2D eigenvalue weighted by molar-refractivity contribution is 5.21. The van der Waals surface area contributed by atoms with E-state index in [1.807, 2.05) is 0 Å². The quantitative estimate of drug-likeness (QED) is 0.222. The number of rotatable bonds is 3. The van der Waals surface area contributed by atoms with Crippen molar-refractivity contribution in [1.82, 2.24) is 0 Å². The van der Waals surface area contributed by atoms with Crippen molar-refractivity contribution >= 4 is 0 Å². The zero-order valence-electron chi connectivity index (χ0n) is 13.9. The zero-order chi connectivity index (χ0) is 19.5. The predicted molar refractivity (Wildman–Crippen MR) is 79.7 cm³/mol. The molecule has 0 bridgehead atoms. The van der Waals surface area contributed by atoms with Crippen LogP contribution < -0.4 is 0 Å². The number of aliphatic hydroxyl groups is 8. The Morgan fingerprint density at radius 2 is 1.73 bits per heavy atom. The van der Waals surface area contributed by atoms with Crippen LogP contribution in [0.5, 0.6) is 0 Å². The van der Waals surface area contributed by atoms with Gasteiger partial charge in [-0.05, 0) is 13.0 Å². The summed E-state index contributed by atoms with van der Waals surface area (Å²) >= 11 is 0. The maximum Gasteiger partial charge on any atom is 0.224 e. The molecule has 2 fully saturated rings. The lowest BCUT2D eigenvalue weighted by molar-refractivity contribution is -0.409. The predicted octanol–water partition coefficient (Wildman–Crippen LogP) is -4.14. The number of hydrogen-bond acceptors (Lipinski definition) is 11. The van der Waals surface area contributed by atoms with Gasteiger partial charge in [0.2, 0.25) is 12.1 Å². The summed E-state index contributed by atoms with van der Waals surface area (Å²) in [4.78, 5) is 0. The summed E-state index contributed by atoms with van der Waals surface area (Å²) in [7, 11) is 0. The van der Waals surface area contributed by atoms with Crippen LogP contribution in [0.2, 0.25) is 0 Å². The van der Waals surface area contributed by atoms with Gasteiger partial charge < -0.3 is 55.1 Å². The van der Waals surface area contributed by atoms with Crippen LogP contribution in [0, 0.1) is 5.92 Å². The molecule has 0 spiro atoms. The van der Waals surface area contributed by atoms with Gasteiger partial charge in [-0.1, -0.05) is 0 Å². The van der Waals surface area contributed by atoms with E-state index in [1.165, 1.54) is 13.0 Å². The lowest BCUT2D eigenvalue weighted by Crippen LogP contribution is -2.68. The molecule has 8 N–H and O–H groups in total. The average molecular weight is 380 g/mol. The Bertz CT molecular complexity index is 564. The van der Waals surface area contributed by atoms with Crippen LogP contribution in [0.15, 0.2) is 12.3 Å². The maximum atomic E-state index is 10.7. The highest BCUT2D eigenvalue weighted by Crippen LogP contribution is 2.49. The number of fused-ring (bicyclic) bond motifs is 1. The van der Waals surface area contributed by atoms with Crippen molar-refractivity contribution in [2.45, 2.75) is 67.3 Å². The van der Waals surface area contributed by atoms with Gasteiger partial charge in [0.1, 0.15) is 17.8 Å². The molecule has 2 aliphatic heterocycles. The van der Waals surface area contributed by atoms with E-state index in [0.717, 1.165) is 6.26 Å². The lowest BCUT2D eigenvalue weighted by Gasteiger charge is -2.47. The largest absolute Gasteiger partial charge is 0.472 e. The van der Waals surface area contributed by atoms with E-state index >= 15 is 0 Å². The van der Waals surface area contributed by atoms with Crippen LogP contribution in [-0.4, -0.2) is 101 Å². The Morgan fingerprint density at radius 1 is 1.08 bits per heavy atom. The standard InChI is InChI=1S/C15H24O11/c1-13(20)4-7(17)14(21)2-3-24-11(8(13)14)26-12-10(19)15(22,23)9(18)6(5-16)25-12/h2-3,6-12,16-23H,4-5H2,1H3/t6-,7-,8-,9-,10+,11+,12+,13+,14-/m1/s1. The monoisotopic (exact) mass is 380 g/mol. The average Bonchev–Trinajstić information content (AvgIpc) is 2.74. The van der Waals surface area contributed by atoms with Gasteiger partial charge in [-0.15, -0.1) is 0 Å². The van der Waals surface area contributed by atoms with Crippen LogP contribution in [-0.2, 0) is 14.2 Å². The highest BCUT2D eigenvalue weighted by Gasteiger charge is 2.64. The first-order valence-corrected chi connectivity index (χ1v) is 8.13. The van der Waals surface area contributed by atoms with Gasteiger partial charge in [0, 0.05) is 6.42 Å². The summed E-state index contributed by atoms with van der Waals surface area (Å²) in [6.45, 7) is 0.560. The molecule has 0 amide bonds. The number of aliphatic hydroxyl groups excluding tert-OH is 4. The van der Waals surface area contributed by atoms with E-state index in [1.54, 1.807) is 0 Å². The van der Waals surface area contributed by atoms with Gasteiger partial charge in [-0.25, -0.2) is 0 Å². The lowest BCUT2D eigenvalue weighted by atomic mass is 9.81. The van der Waals surface area contributed by atoms with E-state index in [9.17, 15) is 40.9 Å². The Morgan fingerprint density at radius 3 is 2.35 bits per heavy atom. The molecule has 0 aromatic heterocycles. The number of hydrogen-bond donors (Lipinski definition) is 8. The van der Waals surface area contributed by atoms with Crippen molar-refractivity contribution in [2.75, 3.05) is 6.61 Å². The van der Waals surface area contributed by atoms with Gasteiger partial charge in [0.15, 0.2) is 12.4 Å². The zero-order valence-corrected chi connectivity index (χ0v) is 13.9. The molecule has 11 nitrogen and oxygen atoms in total. The molecule has 0 unspecified atom stereocenters. The second kappa shape index (κ2) is 6.34. The second-order valence-corrected chi connectivity index (χ2v) is 7.28. The molecule has 150 valence electrons. The van der Waals surface area contributed by atoms with Crippen LogP contribution in [0.3, 0.4) is 0 Å². The first-order valence-electron chi connectivity index (χ1n) is 8.13. The van der Waals surface area contributed by atoms with E-state index in [2.05, 4.69) is 0 Å². The Balaban J connectivity index is 1.85. The molecule has 9 atom stereocenters. The summed E-state index contributed by atoms with van der Waals surface area (Å²) in [6, 6.07) is 0. The van der Waals surface area contributed by atoms with Crippen molar-refractivity contribution in [2.24, 2.45) is 5.92 Å². The molecule has 0 aromatic rings. The molecule has 2 heterocycles. The molecule has 1 saturated carbocycles. The molecule has 1 aliphatic carbocycles. The summed E-state index contributed by atoms with van der Waals surface area (Å²) in [5.74, 6) is -4.24. The van der Waals surface area contributed by atoms with E-state index in [-0.39, 0.29) is 6.42 Å². The minimum atomic E-state index is -3.05. The fourth-order valence-electron chi connectivity index (χ4n) is 3.88. The van der Waals surface area contributed by atoms with Gasteiger partial charge in [-0.3, -0.25) is 0 Å². The fourth-order valence-corrected chi connectivity index (χ4v) is 3.88. The minimum absolute atomic E-state index is 0.183. The third kappa shape index (κ3) is 2.85. The normalized spacial score (nSPS) is 53.2. The van der Waals surface area contributed by atoms with Gasteiger partial charge in [0.05, 0.1) is 30.5 Å². The molecular weight excluding hydrogens is 356 g/mol. The molecule has 0 radical (unpaired) electrons. The molecule has 1 saturated heterocycles. The Hall–Kier alpha value is -0.860. The summed E-state index contributed by atoms with van der Waals surface area (Å²) in [5, 5.41) is 80.1. The second-order valence-electron chi connectivity index (χ2n) is 7.28. The van der Waals surface area contributed by atoms with Crippen LogP contribution in [0.4, 0.5) is 0 Å². The third-order valence-corrected chi connectivity index (χ3v) is 5.37. The topological polar surface area (TPSA) is 190 Å². The first-order chi connectivity index (χ1) is 11.9. The Labute approximate surface area is 148 Å². The molecule has 26 heavy (non-hydrogen) atoms. The van der Waals surface area contributed by atoms with Crippen molar-refractivity contribution in [3.8, 4) is 0 Å². The highest BCUT2D eigenvalue weighted by atomic mass is 16.8. The number of ether oxygens (including phenoxy) is 3. The van der Waals surface area contributed by atoms with E-state index < -0.39 is 66.5 Å². The van der Waals surface area contributed by atoms with Crippen LogP contribution in [0.25, 0.3) is 0 Å². The smallest absolute Gasteiger partial charge is 0.224 e. The van der Waals surface area contributed by atoms with Crippen LogP contribution in [0.1, 0.15) is 13.3 Å². The molecule has 11 heteroatoms. The molecule has 0 aromatic carbocycles. The summed E-state index contributed by atoms with van der Waals surface area (Å²) in [6.07, 6.45) is -8.14. The van der Waals surface area contributed by atoms with Crippen molar-refractivity contribution in [1.29, 1.82) is 0 Å². The van der Waals surface area contributed by atoms with Crippen molar-refractivity contribution < 1.29 is 55.1 Å². The molecule has 3 aliphatic rings. The van der Waals surface area contributed by atoms with Gasteiger partial charge in [-0.2, -0.15) is 0 Å². The van der Waals surface area contributed by atoms with E-state index in [0.29, 0.717) is 0 Å². The van der Waals surface area contributed by atoms with Crippen molar-refractivity contribution in [3.63, 3.8) is 0 Å². The van der Waals surface area contributed by atoms with Gasteiger partial charge >= 0.3 is 0 Å². The minimum Gasteiger partial charge on any atom is -0.472 e. The summed E-state index contributed by atoms with van der Waals surface area (Å²) < 4.78 is 15.8. The molecule has 3 rings (SSSR count). The maximum absolute atomic E-state index is 10.7. The summed E-state index contributed by atoms with van der Waals surface area (Å²) in [5.41, 5.74) is -3.49. The van der Waals surface area contributed by atoms with E-state index in [4.69, 9.17) is 14.2 Å².